The quantitative estimate of drug-likeness (QED) is 0.467. The highest BCUT2D eigenvalue weighted by atomic mass is 16.4. The molecule has 3 nitrogen and oxygen atoms in total. The fraction of sp³-hybridized carbons (Fsp3) is 0.429. The number of hydrogen-bond acceptors (Lipinski definition) is 2. The maximum atomic E-state index is 10.3. The first-order valence-electron chi connectivity index (χ1n) is 2.99. The minimum Gasteiger partial charge on any atom is -0.477 e. The molecular weight excluding hydrogens is 130 g/mol. The molecule has 0 unspecified atom stereocenters. The Hall–Kier alpha value is -1.12. The number of aliphatic imine (C=N–C) groups is 1. The molecule has 0 amide bonds. The monoisotopic (exact) mass is 141 g/mol. The minimum absolute atomic E-state index is 0.0972. The van der Waals surface area contributed by atoms with Crippen LogP contribution in [0.3, 0.4) is 0 Å². The van der Waals surface area contributed by atoms with Gasteiger partial charge in [-0.05, 0) is 20.8 Å². The number of hydrogen-bond donors (Lipinski definition) is 1. The van der Waals surface area contributed by atoms with E-state index in [1.807, 2.05) is 0 Å². The Balaban J connectivity index is 4.42. The number of rotatable bonds is 2. The standard InChI is InChI=1S/C7H11NO2/c1-4-6(7(9)10)8-5(2)3/h4H,1-3H3,(H,9,10). The van der Waals surface area contributed by atoms with E-state index in [0.29, 0.717) is 0 Å². The summed E-state index contributed by atoms with van der Waals surface area (Å²) >= 11 is 0. The Bertz CT molecular complexity index is 188. The van der Waals surface area contributed by atoms with Crippen molar-refractivity contribution >= 4 is 11.7 Å². The Morgan fingerprint density at radius 1 is 1.50 bits per heavy atom. The SMILES string of the molecule is CC=C(N=C(C)C)C(=O)O. The van der Waals surface area contributed by atoms with Crippen molar-refractivity contribution in [3.8, 4) is 0 Å². The smallest absolute Gasteiger partial charge is 0.354 e. The highest BCUT2D eigenvalue weighted by Crippen LogP contribution is 1.96. The van der Waals surface area contributed by atoms with Crippen molar-refractivity contribution in [1.82, 2.24) is 0 Å². The van der Waals surface area contributed by atoms with E-state index in [4.69, 9.17) is 5.11 Å². The van der Waals surface area contributed by atoms with E-state index in [-0.39, 0.29) is 5.70 Å². The van der Waals surface area contributed by atoms with Gasteiger partial charge in [-0.25, -0.2) is 4.79 Å². The Kier molecular flexibility index (Phi) is 3.39. The van der Waals surface area contributed by atoms with Crippen molar-refractivity contribution in [2.75, 3.05) is 0 Å². The summed E-state index contributed by atoms with van der Waals surface area (Å²) in [6.45, 7) is 5.16. The molecule has 0 bridgehead atoms. The number of carbonyl (C=O) groups is 1. The van der Waals surface area contributed by atoms with E-state index in [1.54, 1.807) is 20.8 Å². The van der Waals surface area contributed by atoms with E-state index in [9.17, 15) is 4.79 Å². The lowest BCUT2D eigenvalue weighted by molar-refractivity contribution is -0.132. The lowest BCUT2D eigenvalue weighted by Gasteiger charge is -1.92. The van der Waals surface area contributed by atoms with Crippen molar-refractivity contribution < 1.29 is 9.90 Å². The van der Waals surface area contributed by atoms with Gasteiger partial charge < -0.3 is 5.11 Å². The topological polar surface area (TPSA) is 49.7 Å². The molecule has 3 heteroatoms. The van der Waals surface area contributed by atoms with Gasteiger partial charge in [0.15, 0.2) is 0 Å². The van der Waals surface area contributed by atoms with Crippen LogP contribution in [0.2, 0.25) is 0 Å². The zero-order chi connectivity index (χ0) is 8.15. The van der Waals surface area contributed by atoms with Crippen LogP contribution in [0.1, 0.15) is 20.8 Å². The van der Waals surface area contributed by atoms with E-state index >= 15 is 0 Å². The van der Waals surface area contributed by atoms with Gasteiger partial charge in [-0.2, -0.15) is 0 Å². The average Bonchev–Trinajstić information content (AvgIpc) is 1.81. The van der Waals surface area contributed by atoms with Crippen LogP contribution < -0.4 is 0 Å². The van der Waals surface area contributed by atoms with Crippen LogP contribution in [0.5, 0.6) is 0 Å². The summed E-state index contributed by atoms with van der Waals surface area (Å²) in [5.74, 6) is -0.983. The third-order valence-corrected chi connectivity index (χ3v) is 0.837. The fourth-order valence-electron chi connectivity index (χ4n) is 0.477. The highest BCUT2D eigenvalue weighted by molar-refractivity contribution is 5.91. The zero-order valence-corrected chi connectivity index (χ0v) is 6.38. The second-order valence-electron chi connectivity index (χ2n) is 2.04. The molecule has 0 heterocycles. The molecule has 0 aromatic heterocycles. The number of allylic oxidation sites excluding steroid dienone is 1. The summed E-state index contributed by atoms with van der Waals surface area (Å²) in [4.78, 5) is 14.1. The molecule has 0 aliphatic rings. The normalized spacial score (nSPS) is 10.9. The minimum atomic E-state index is -0.983. The van der Waals surface area contributed by atoms with Gasteiger partial charge in [0, 0.05) is 5.71 Å². The maximum Gasteiger partial charge on any atom is 0.354 e. The summed E-state index contributed by atoms with van der Waals surface area (Å²) < 4.78 is 0. The molecule has 0 saturated heterocycles. The summed E-state index contributed by atoms with van der Waals surface area (Å²) in [5.41, 5.74) is 0.843. The summed E-state index contributed by atoms with van der Waals surface area (Å²) in [7, 11) is 0. The van der Waals surface area contributed by atoms with Crippen molar-refractivity contribution in [2.24, 2.45) is 4.99 Å². The molecule has 0 aliphatic heterocycles. The van der Waals surface area contributed by atoms with Gasteiger partial charge in [0.1, 0.15) is 5.70 Å². The van der Waals surface area contributed by atoms with Gasteiger partial charge in [-0.1, -0.05) is 6.08 Å². The third kappa shape index (κ3) is 3.02. The number of carboxylic acids is 1. The van der Waals surface area contributed by atoms with Gasteiger partial charge in [-0.3, -0.25) is 4.99 Å². The Labute approximate surface area is 60.1 Å². The van der Waals surface area contributed by atoms with Crippen LogP contribution in [-0.2, 0) is 4.79 Å². The first-order valence-corrected chi connectivity index (χ1v) is 2.99. The lowest BCUT2D eigenvalue weighted by atomic mass is 10.4. The zero-order valence-electron chi connectivity index (χ0n) is 6.38. The van der Waals surface area contributed by atoms with Gasteiger partial charge in [0.05, 0.1) is 0 Å². The molecule has 0 spiro atoms. The fourth-order valence-corrected chi connectivity index (χ4v) is 0.477. The third-order valence-electron chi connectivity index (χ3n) is 0.837. The largest absolute Gasteiger partial charge is 0.477 e. The maximum absolute atomic E-state index is 10.3. The molecule has 1 N–H and O–H groups in total. The summed E-state index contributed by atoms with van der Waals surface area (Å²) in [6, 6.07) is 0. The van der Waals surface area contributed by atoms with E-state index < -0.39 is 5.97 Å². The molecule has 0 aromatic rings. The molecule has 0 aromatic carbocycles. The molecular formula is C7H11NO2. The Morgan fingerprint density at radius 3 is 2.10 bits per heavy atom. The van der Waals surface area contributed by atoms with Gasteiger partial charge in [-0.15, -0.1) is 0 Å². The number of carboxylic acid groups (broad SMARTS) is 1. The summed E-state index contributed by atoms with van der Waals surface area (Å²) in [5, 5.41) is 8.45. The molecule has 0 atom stereocenters. The second kappa shape index (κ2) is 3.82. The van der Waals surface area contributed by atoms with Crippen LogP contribution >= 0.6 is 0 Å². The highest BCUT2D eigenvalue weighted by Gasteiger charge is 2.01. The van der Waals surface area contributed by atoms with Crippen LogP contribution in [0.25, 0.3) is 0 Å². The molecule has 0 rings (SSSR count). The van der Waals surface area contributed by atoms with Gasteiger partial charge in [0.25, 0.3) is 0 Å². The van der Waals surface area contributed by atoms with E-state index in [1.165, 1.54) is 6.08 Å². The average molecular weight is 141 g/mol. The van der Waals surface area contributed by atoms with Crippen molar-refractivity contribution in [2.45, 2.75) is 20.8 Å². The van der Waals surface area contributed by atoms with Crippen LogP contribution in [0.4, 0.5) is 0 Å². The second-order valence-corrected chi connectivity index (χ2v) is 2.04. The van der Waals surface area contributed by atoms with Gasteiger partial charge >= 0.3 is 5.97 Å². The molecule has 56 valence electrons. The van der Waals surface area contributed by atoms with Crippen molar-refractivity contribution in [3.63, 3.8) is 0 Å². The van der Waals surface area contributed by atoms with Crippen molar-refractivity contribution in [3.05, 3.63) is 11.8 Å². The van der Waals surface area contributed by atoms with E-state index in [0.717, 1.165) is 5.71 Å². The predicted octanol–water partition coefficient (Wildman–Crippen LogP) is 1.46. The van der Waals surface area contributed by atoms with Crippen LogP contribution in [0.15, 0.2) is 16.8 Å². The molecule has 0 fully saturated rings. The Morgan fingerprint density at radius 2 is 2.00 bits per heavy atom. The molecule has 10 heavy (non-hydrogen) atoms. The van der Waals surface area contributed by atoms with Crippen LogP contribution in [0, 0.1) is 0 Å². The van der Waals surface area contributed by atoms with Gasteiger partial charge in [0.2, 0.25) is 0 Å². The summed E-state index contributed by atoms with van der Waals surface area (Å²) in [6.07, 6.45) is 1.47. The number of nitrogens with zero attached hydrogens (tertiary/aromatic N) is 1. The molecule has 0 radical (unpaired) electrons. The molecule has 0 saturated carbocycles. The number of aliphatic carboxylic acids is 1. The van der Waals surface area contributed by atoms with E-state index in [2.05, 4.69) is 4.99 Å². The lowest BCUT2D eigenvalue weighted by Crippen LogP contribution is -1.98. The predicted molar refractivity (Wildman–Crippen MR) is 40.2 cm³/mol. The molecule has 0 aliphatic carbocycles. The van der Waals surface area contributed by atoms with Crippen molar-refractivity contribution in [1.29, 1.82) is 0 Å². The first kappa shape index (κ1) is 8.88. The van der Waals surface area contributed by atoms with Crippen LogP contribution in [-0.4, -0.2) is 16.8 Å². The first-order chi connectivity index (χ1) is 4.57.